The number of thioether (sulfide) groups is 1. The molecule has 1 saturated carbocycles. The monoisotopic (exact) mass is 363 g/mol. The van der Waals surface area contributed by atoms with Crippen LogP contribution in [0.25, 0.3) is 0 Å². The van der Waals surface area contributed by atoms with Gasteiger partial charge in [-0.1, -0.05) is 23.4 Å². The van der Waals surface area contributed by atoms with E-state index < -0.39 is 17.3 Å². The normalized spacial score (nSPS) is 17.2. The Kier molecular flexibility index (Phi) is 5.11. The van der Waals surface area contributed by atoms with E-state index in [9.17, 15) is 18.0 Å². The molecule has 124 valence electrons. The number of carbonyl (C=O) groups is 1. The van der Waals surface area contributed by atoms with Gasteiger partial charge in [0, 0.05) is 6.20 Å². The first-order valence-corrected chi connectivity index (χ1v) is 8.10. The van der Waals surface area contributed by atoms with Crippen LogP contribution in [0.5, 0.6) is 0 Å². The maximum absolute atomic E-state index is 12.5. The highest BCUT2D eigenvalue weighted by Gasteiger charge is 2.43. The van der Waals surface area contributed by atoms with E-state index in [1.807, 2.05) is 0 Å². The number of pyridine rings is 1. The first-order valence-electron chi connectivity index (χ1n) is 6.73. The zero-order valence-corrected chi connectivity index (χ0v) is 13.6. The molecule has 1 amide bonds. The summed E-state index contributed by atoms with van der Waals surface area (Å²) in [6, 6.07) is 2.87. The molecule has 0 bridgehead atoms. The van der Waals surface area contributed by atoms with Crippen LogP contribution < -0.4 is 5.32 Å². The number of rotatable bonds is 5. The van der Waals surface area contributed by atoms with Gasteiger partial charge in [-0.25, -0.2) is 4.98 Å². The summed E-state index contributed by atoms with van der Waals surface area (Å²) in [5.74, 6) is -0.319. The zero-order chi connectivity index (χ0) is 17.3. The predicted molar refractivity (Wildman–Crippen MR) is 79.9 cm³/mol. The van der Waals surface area contributed by atoms with Crippen LogP contribution in [0.3, 0.4) is 0 Å². The fourth-order valence-electron chi connectivity index (χ4n) is 2.03. The summed E-state index contributed by atoms with van der Waals surface area (Å²) in [7, 11) is 0. The first kappa shape index (κ1) is 17.9. The van der Waals surface area contributed by atoms with Crippen LogP contribution in [-0.2, 0) is 11.0 Å². The minimum Gasteiger partial charge on any atom is -0.337 e. The Morgan fingerprint density at radius 1 is 1.57 bits per heavy atom. The lowest BCUT2D eigenvalue weighted by Gasteiger charge is -2.22. The van der Waals surface area contributed by atoms with Gasteiger partial charge in [0.1, 0.15) is 10.6 Å². The molecule has 2 rings (SSSR count). The van der Waals surface area contributed by atoms with Crippen LogP contribution in [0.1, 0.15) is 25.3 Å². The van der Waals surface area contributed by atoms with Crippen molar-refractivity contribution >= 4 is 29.3 Å². The molecule has 1 aromatic rings. The Morgan fingerprint density at radius 2 is 2.22 bits per heavy atom. The minimum atomic E-state index is -4.52. The molecule has 4 nitrogen and oxygen atoms in total. The second kappa shape index (κ2) is 6.57. The van der Waals surface area contributed by atoms with Crippen LogP contribution in [0.2, 0.25) is 5.02 Å². The highest BCUT2D eigenvalue weighted by atomic mass is 35.5. The molecule has 9 heteroatoms. The third kappa shape index (κ3) is 4.52. The molecule has 1 atom stereocenters. The molecule has 1 aromatic heterocycles. The van der Waals surface area contributed by atoms with E-state index in [4.69, 9.17) is 16.9 Å². The molecule has 0 radical (unpaired) electrons. The average molecular weight is 364 g/mol. The fourth-order valence-corrected chi connectivity index (χ4v) is 3.02. The highest BCUT2D eigenvalue weighted by Crippen LogP contribution is 2.39. The zero-order valence-electron chi connectivity index (χ0n) is 12.1. The van der Waals surface area contributed by atoms with Gasteiger partial charge >= 0.3 is 6.18 Å². The number of nitriles is 1. The van der Waals surface area contributed by atoms with Crippen molar-refractivity contribution in [3.05, 3.63) is 22.8 Å². The molecule has 1 fully saturated rings. The molecule has 1 heterocycles. The van der Waals surface area contributed by atoms with Gasteiger partial charge in [0.25, 0.3) is 0 Å². The van der Waals surface area contributed by atoms with Crippen molar-refractivity contribution in [1.29, 1.82) is 5.26 Å². The Labute approximate surface area is 140 Å². The van der Waals surface area contributed by atoms with Gasteiger partial charge in [0.15, 0.2) is 0 Å². The minimum absolute atomic E-state index is 0.0813. The third-order valence-corrected chi connectivity index (χ3v) is 4.91. The molecule has 1 aliphatic carbocycles. The number of hydrogen-bond acceptors (Lipinski definition) is 4. The van der Waals surface area contributed by atoms with Gasteiger partial charge in [-0.3, -0.25) is 4.79 Å². The van der Waals surface area contributed by atoms with E-state index in [0.717, 1.165) is 30.7 Å². The first-order chi connectivity index (χ1) is 10.7. The quantitative estimate of drug-likeness (QED) is 0.811. The average Bonchev–Trinajstić information content (AvgIpc) is 3.29. The van der Waals surface area contributed by atoms with Crippen molar-refractivity contribution in [2.75, 3.05) is 5.75 Å². The Bertz CT molecular complexity index is 658. The van der Waals surface area contributed by atoms with Crippen LogP contribution in [-0.4, -0.2) is 22.2 Å². The van der Waals surface area contributed by atoms with Crippen LogP contribution in [0.4, 0.5) is 13.2 Å². The second-order valence-electron chi connectivity index (χ2n) is 5.43. The van der Waals surface area contributed by atoms with E-state index >= 15 is 0 Å². The highest BCUT2D eigenvalue weighted by molar-refractivity contribution is 8.00. The smallest absolute Gasteiger partial charge is 0.337 e. The van der Waals surface area contributed by atoms with E-state index in [0.29, 0.717) is 6.20 Å². The molecule has 1 aliphatic rings. The second-order valence-corrected chi connectivity index (χ2v) is 6.81. The van der Waals surface area contributed by atoms with E-state index in [1.165, 1.54) is 0 Å². The number of halogens is 4. The molecule has 23 heavy (non-hydrogen) atoms. The molecule has 0 unspecified atom stereocenters. The number of nitrogens with one attached hydrogen (secondary N) is 1. The Morgan fingerprint density at radius 3 is 2.70 bits per heavy atom. The van der Waals surface area contributed by atoms with Crippen LogP contribution in [0.15, 0.2) is 17.3 Å². The summed E-state index contributed by atoms with van der Waals surface area (Å²) in [4.78, 5) is 15.6. The number of hydrogen-bond donors (Lipinski definition) is 1. The van der Waals surface area contributed by atoms with Crippen molar-refractivity contribution in [2.45, 2.75) is 36.5 Å². The summed E-state index contributed by atoms with van der Waals surface area (Å²) in [5, 5.41) is 11.8. The van der Waals surface area contributed by atoms with E-state index in [1.54, 1.807) is 6.92 Å². The van der Waals surface area contributed by atoms with Gasteiger partial charge in [0.05, 0.1) is 22.4 Å². The van der Waals surface area contributed by atoms with E-state index in [-0.39, 0.29) is 27.6 Å². The molecule has 0 aliphatic heterocycles. The Balaban J connectivity index is 1.96. The summed E-state index contributed by atoms with van der Waals surface area (Å²) >= 11 is 6.70. The maximum Gasteiger partial charge on any atom is 0.417 e. The lowest BCUT2D eigenvalue weighted by Crippen LogP contribution is -2.47. The lowest BCUT2D eigenvalue weighted by molar-refractivity contribution is -0.137. The van der Waals surface area contributed by atoms with Crippen LogP contribution in [0, 0.1) is 17.2 Å². The molecule has 0 saturated heterocycles. The Hall–Kier alpha value is -1.46. The third-order valence-electron chi connectivity index (χ3n) is 3.50. The largest absolute Gasteiger partial charge is 0.417 e. The van der Waals surface area contributed by atoms with E-state index in [2.05, 4.69) is 16.4 Å². The number of aromatic nitrogens is 1. The summed E-state index contributed by atoms with van der Waals surface area (Å²) in [5.41, 5.74) is -1.85. The number of carbonyl (C=O) groups excluding carboxylic acids is 1. The van der Waals surface area contributed by atoms with Crippen molar-refractivity contribution in [2.24, 2.45) is 5.92 Å². The molecule has 0 spiro atoms. The van der Waals surface area contributed by atoms with Crippen molar-refractivity contribution in [1.82, 2.24) is 10.3 Å². The summed E-state index contributed by atoms with van der Waals surface area (Å²) < 4.78 is 37.6. The van der Waals surface area contributed by atoms with Crippen molar-refractivity contribution < 1.29 is 18.0 Å². The topological polar surface area (TPSA) is 65.8 Å². The van der Waals surface area contributed by atoms with Gasteiger partial charge in [0.2, 0.25) is 5.91 Å². The number of nitrogens with zero attached hydrogens (tertiary/aromatic N) is 2. The maximum atomic E-state index is 12.5. The van der Waals surface area contributed by atoms with Crippen molar-refractivity contribution in [3.8, 4) is 6.07 Å². The van der Waals surface area contributed by atoms with Gasteiger partial charge < -0.3 is 5.32 Å². The SMILES string of the molecule is C[C@](C#N)(NC(=O)CSc1ncc(C(F)(F)F)cc1Cl)C1CC1. The van der Waals surface area contributed by atoms with Gasteiger partial charge in [-0.15, -0.1) is 0 Å². The molecular weight excluding hydrogens is 351 g/mol. The molecule has 0 aromatic carbocycles. The lowest BCUT2D eigenvalue weighted by atomic mass is 9.98. The molecule has 1 N–H and O–H groups in total. The number of amides is 1. The van der Waals surface area contributed by atoms with Gasteiger partial charge in [-0.05, 0) is 31.7 Å². The van der Waals surface area contributed by atoms with Crippen molar-refractivity contribution in [3.63, 3.8) is 0 Å². The standard InChI is InChI=1S/C14H13ClF3N3OS/c1-13(7-19,8-2-3-8)21-11(22)6-23-12-10(15)4-9(5-20-12)14(16,17)18/h4-5,8H,2-3,6H2,1H3,(H,21,22)/t13-/m1/s1. The molecular formula is C14H13ClF3N3OS. The number of alkyl halides is 3. The predicted octanol–water partition coefficient (Wildman–Crippen LogP) is 3.65. The van der Waals surface area contributed by atoms with Gasteiger partial charge in [-0.2, -0.15) is 18.4 Å². The fraction of sp³-hybridized carbons (Fsp3) is 0.500. The van der Waals surface area contributed by atoms with Crippen LogP contribution >= 0.6 is 23.4 Å². The summed E-state index contributed by atoms with van der Waals surface area (Å²) in [6.07, 6.45) is -2.06. The summed E-state index contributed by atoms with van der Waals surface area (Å²) in [6.45, 7) is 1.66.